The first-order chi connectivity index (χ1) is 19.1. The molecule has 0 saturated heterocycles. The predicted octanol–water partition coefficient (Wildman–Crippen LogP) is 7.24. The van der Waals surface area contributed by atoms with Crippen LogP contribution in [-0.2, 0) is 4.79 Å². The third-order valence-corrected chi connectivity index (χ3v) is 8.67. The second-order valence-corrected chi connectivity index (χ2v) is 11.3. The maximum Gasteiger partial charge on any atom is 0.282 e. The van der Waals surface area contributed by atoms with Crippen LogP contribution in [-0.4, -0.2) is 35.5 Å². The van der Waals surface area contributed by atoms with Gasteiger partial charge < -0.3 is 14.8 Å². The van der Waals surface area contributed by atoms with E-state index < -0.39 is 11.7 Å². The first-order valence-electron chi connectivity index (χ1n) is 12.1. The van der Waals surface area contributed by atoms with Crippen molar-refractivity contribution in [2.45, 2.75) is 26.2 Å². The Balaban J connectivity index is 1.65. The molecule has 1 heterocycles. The molecule has 0 fully saturated rings. The fourth-order valence-electron chi connectivity index (χ4n) is 3.78. The number of carbonyl (C=O) groups excluding carboxylic acids is 1. The first kappa shape index (κ1) is 29.9. The largest absolute Gasteiger partial charge is 0.493 e. The van der Waals surface area contributed by atoms with E-state index in [2.05, 4.69) is 58.2 Å². The lowest BCUT2D eigenvalue weighted by Crippen LogP contribution is -2.23. The molecule has 0 saturated carbocycles. The van der Waals surface area contributed by atoms with Gasteiger partial charge in [0.25, 0.3) is 11.5 Å². The number of amides is 1. The highest BCUT2D eigenvalue weighted by Crippen LogP contribution is 2.42. The fraction of sp³-hybridized carbons (Fsp3) is 0.214. The second kappa shape index (κ2) is 13.0. The Morgan fingerprint density at radius 1 is 1.18 bits per heavy atom. The summed E-state index contributed by atoms with van der Waals surface area (Å²) in [6.07, 6.45) is 2.29. The summed E-state index contributed by atoms with van der Waals surface area (Å²) in [5.41, 5.74) is 1.21. The van der Waals surface area contributed by atoms with Gasteiger partial charge in [-0.3, -0.25) is 9.59 Å². The predicted molar refractivity (Wildman–Crippen MR) is 164 cm³/mol. The number of ether oxygens (including phenoxy) is 2. The quantitative estimate of drug-likeness (QED) is 0.183. The molecule has 1 atom stereocenters. The summed E-state index contributed by atoms with van der Waals surface area (Å²) in [7, 11) is 1.47. The van der Waals surface area contributed by atoms with Crippen LogP contribution in [0.3, 0.4) is 0 Å². The van der Waals surface area contributed by atoms with E-state index in [0.717, 1.165) is 10.9 Å². The van der Waals surface area contributed by atoms with Crippen molar-refractivity contribution < 1.29 is 18.7 Å². The van der Waals surface area contributed by atoms with E-state index in [0.29, 0.717) is 42.7 Å². The molecule has 12 heteroatoms. The number of fused-ring (bicyclic) bond motifs is 1. The first-order valence-corrected chi connectivity index (χ1v) is 14.5. The van der Waals surface area contributed by atoms with E-state index in [4.69, 9.17) is 14.5 Å². The molecule has 40 heavy (non-hydrogen) atoms. The van der Waals surface area contributed by atoms with Gasteiger partial charge in [0.1, 0.15) is 11.6 Å². The lowest BCUT2D eigenvalue weighted by Gasteiger charge is -2.16. The minimum Gasteiger partial charge on any atom is -0.493 e. The van der Waals surface area contributed by atoms with Crippen molar-refractivity contribution in [1.82, 2.24) is 9.66 Å². The average molecular weight is 739 g/mol. The van der Waals surface area contributed by atoms with Crippen molar-refractivity contribution in [3.05, 3.63) is 89.5 Å². The summed E-state index contributed by atoms with van der Waals surface area (Å²) in [4.78, 5) is 30.6. The van der Waals surface area contributed by atoms with Crippen molar-refractivity contribution in [1.29, 1.82) is 0 Å². The molecule has 1 aromatic heterocycles. The van der Waals surface area contributed by atoms with Crippen LogP contribution >= 0.6 is 47.8 Å². The number of anilines is 1. The minimum atomic E-state index is -0.478. The summed E-state index contributed by atoms with van der Waals surface area (Å²) >= 11 is 10.5. The Bertz CT molecular complexity index is 1680. The molecule has 0 radical (unpaired) electrons. The molecule has 0 spiro atoms. The molecule has 0 aliphatic heterocycles. The van der Waals surface area contributed by atoms with Gasteiger partial charge >= 0.3 is 0 Å². The molecule has 0 aliphatic rings. The van der Waals surface area contributed by atoms with E-state index in [1.807, 2.05) is 19.9 Å². The Hall–Kier alpha value is -3.09. The highest BCUT2D eigenvalue weighted by atomic mass is 79.9. The number of benzene rings is 3. The molecule has 4 rings (SSSR count). The summed E-state index contributed by atoms with van der Waals surface area (Å²) in [5.74, 6) is 0.187. The van der Waals surface area contributed by atoms with E-state index >= 15 is 0 Å². The maximum atomic E-state index is 13.4. The van der Waals surface area contributed by atoms with Crippen molar-refractivity contribution in [2.24, 2.45) is 5.10 Å². The number of nitrogens with one attached hydrogen (secondary N) is 1. The van der Waals surface area contributed by atoms with Crippen molar-refractivity contribution in [2.75, 3.05) is 19.0 Å². The monoisotopic (exact) mass is 736 g/mol. The highest BCUT2D eigenvalue weighted by Gasteiger charge is 2.19. The van der Waals surface area contributed by atoms with Gasteiger partial charge in [0.05, 0.1) is 28.7 Å². The lowest BCUT2D eigenvalue weighted by atomic mass is 10.1. The van der Waals surface area contributed by atoms with Crippen LogP contribution in [0.2, 0.25) is 0 Å². The number of hydrogen-bond donors (Lipinski definition) is 1. The van der Waals surface area contributed by atoms with Gasteiger partial charge in [-0.2, -0.15) is 9.78 Å². The molecule has 4 aromatic rings. The summed E-state index contributed by atoms with van der Waals surface area (Å²) in [6, 6.07) is 12.6. The molecular weight excluding hydrogens is 715 g/mol. The van der Waals surface area contributed by atoms with Gasteiger partial charge in [0.2, 0.25) is 0 Å². The van der Waals surface area contributed by atoms with Crippen molar-refractivity contribution >= 4 is 76.5 Å². The van der Waals surface area contributed by atoms with Crippen LogP contribution in [0.4, 0.5) is 10.1 Å². The lowest BCUT2D eigenvalue weighted by molar-refractivity contribution is -0.118. The van der Waals surface area contributed by atoms with E-state index in [1.165, 1.54) is 36.2 Å². The Kier molecular flexibility index (Phi) is 9.75. The number of rotatable bonds is 9. The van der Waals surface area contributed by atoms with Gasteiger partial charge in [-0.1, -0.05) is 35.8 Å². The number of halogens is 4. The molecule has 3 aromatic carbocycles. The number of hydrogen-bond acceptors (Lipinski definition) is 6. The molecule has 0 aliphatic carbocycles. The number of aromatic nitrogens is 2. The van der Waals surface area contributed by atoms with Crippen LogP contribution in [0.1, 0.15) is 37.6 Å². The molecule has 0 unspecified atom stereocenters. The molecule has 1 amide bonds. The second-order valence-electron chi connectivity index (χ2n) is 8.77. The third-order valence-electron chi connectivity index (χ3n) is 6.03. The molecule has 0 bridgehead atoms. The van der Waals surface area contributed by atoms with Crippen molar-refractivity contribution in [3.63, 3.8) is 0 Å². The van der Waals surface area contributed by atoms with Gasteiger partial charge in [0.15, 0.2) is 18.1 Å². The SMILES string of the molecule is CC[C@@H](C)c1nc2ccc(Br)cc2c(=O)n1N=Cc1cc(OC)c(OCC(=O)Nc2cccc(F)c2)c(Br)c1Br. The van der Waals surface area contributed by atoms with Crippen molar-refractivity contribution in [3.8, 4) is 11.5 Å². The smallest absolute Gasteiger partial charge is 0.282 e. The number of methoxy groups -OCH3 is 1. The van der Waals surface area contributed by atoms with Crippen LogP contribution < -0.4 is 20.3 Å². The standard InChI is InChI=1S/C28H24Br3FN4O4/c1-4-15(2)27-35-21-9-8-17(29)11-20(21)28(38)36(27)33-13-16-10-22(39-3)26(25(31)24(16)30)40-14-23(37)34-19-7-5-6-18(32)12-19/h5-13,15H,4,14H2,1-3H3,(H,34,37)/t15-/m1/s1. The maximum absolute atomic E-state index is 13.4. The summed E-state index contributed by atoms with van der Waals surface area (Å²) in [5, 5.41) is 7.54. The van der Waals surface area contributed by atoms with E-state index in [1.54, 1.807) is 24.3 Å². The van der Waals surface area contributed by atoms with Gasteiger partial charge in [-0.05, 0) is 80.7 Å². The van der Waals surface area contributed by atoms with Crippen LogP contribution in [0.5, 0.6) is 11.5 Å². The Morgan fingerprint density at radius 3 is 2.65 bits per heavy atom. The van der Waals surface area contributed by atoms with Crippen LogP contribution in [0.25, 0.3) is 10.9 Å². The van der Waals surface area contributed by atoms with Crippen LogP contribution in [0, 0.1) is 5.82 Å². The molecular formula is C28H24Br3FN4O4. The topological polar surface area (TPSA) is 94.8 Å². The molecule has 208 valence electrons. The van der Waals surface area contributed by atoms with Gasteiger partial charge in [-0.25, -0.2) is 9.37 Å². The zero-order valence-electron chi connectivity index (χ0n) is 21.7. The van der Waals surface area contributed by atoms with E-state index in [9.17, 15) is 14.0 Å². The van der Waals surface area contributed by atoms with Gasteiger partial charge in [0, 0.05) is 26.1 Å². The number of carbonyl (C=O) groups is 1. The summed E-state index contributed by atoms with van der Waals surface area (Å²) in [6.45, 7) is 3.66. The fourth-order valence-corrected chi connectivity index (χ4v) is 5.08. The molecule has 1 N–H and O–H groups in total. The average Bonchev–Trinajstić information content (AvgIpc) is 2.93. The third kappa shape index (κ3) is 6.61. The van der Waals surface area contributed by atoms with Crippen LogP contribution in [0.15, 0.2) is 71.8 Å². The Morgan fingerprint density at radius 2 is 1.95 bits per heavy atom. The zero-order chi connectivity index (χ0) is 29.0. The van der Waals surface area contributed by atoms with E-state index in [-0.39, 0.29) is 23.8 Å². The Labute approximate surface area is 255 Å². The number of nitrogens with zero attached hydrogens (tertiary/aromatic N) is 3. The summed E-state index contributed by atoms with van der Waals surface area (Å²) < 4.78 is 27.8. The van der Waals surface area contributed by atoms with Gasteiger partial charge in [-0.15, -0.1) is 0 Å². The minimum absolute atomic E-state index is 0.0167. The molecule has 8 nitrogen and oxygen atoms in total. The zero-order valence-corrected chi connectivity index (χ0v) is 26.4. The highest BCUT2D eigenvalue weighted by molar-refractivity contribution is 9.13. The normalized spacial score (nSPS) is 12.1.